The molecule has 1 aliphatic rings. The van der Waals surface area contributed by atoms with E-state index in [4.69, 9.17) is 16.3 Å². The van der Waals surface area contributed by atoms with Gasteiger partial charge in [-0.05, 0) is 36.8 Å². The zero-order valence-corrected chi connectivity index (χ0v) is 15.2. The Morgan fingerprint density at radius 1 is 1.12 bits per heavy atom. The summed E-state index contributed by atoms with van der Waals surface area (Å²) in [5.41, 5.74) is 2.90. The molecular formula is C19H22ClN3O2. The lowest BCUT2D eigenvalue weighted by Crippen LogP contribution is -2.50. The molecule has 5 nitrogen and oxygen atoms in total. The van der Waals surface area contributed by atoms with Crippen LogP contribution in [0, 0.1) is 6.92 Å². The molecule has 132 valence electrons. The number of nitrogens with one attached hydrogen (secondary N) is 1. The number of anilines is 2. The Kier molecular flexibility index (Phi) is 5.34. The number of urea groups is 1. The van der Waals surface area contributed by atoms with Gasteiger partial charge >= 0.3 is 6.03 Å². The molecule has 0 aliphatic carbocycles. The zero-order chi connectivity index (χ0) is 17.8. The van der Waals surface area contributed by atoms with Crippen LogP contribution in [0.4, 0.5) is 16.2 Å². The number of rotatable bonds is 3. The van der Waals surface area contributed by atoms with Gasteiger partial charge in [0.25, 0.3) is 0 Å². The molecule has 25 heavy (non-hydrogen) atoms. The topological polar surface area (TPSA) is 44.8 Å². The van der Waals surface area contributed by atoms with Crippen molar-refractivity contribution in [3.05, 3.63) is 53.1 Å². The van der Waals surface area contributed by atoms with Gasteiger partial charge in [0.1, 0.15) is 5.75 Å². The SMILES string of the molecule is COc1ccc(C)cc1N1CCN(C(=O)Nc2ccccc2Cl)CC1. The van der Waals surface area contributed by atoms with Crippen molar-refractivity contribution >= 4 is 29.0 Å². The van der Waals surface area contributed by atoms with Crippen LogP contribution in [0.5, 0.6) is 5.75 Å². The molecule has 0 bridgehead atoms. The minimum Gasteiger partial charge on any atom is -0.495 e. The monoisotopic (exact) mass is 359 g/mol. The van der Waals surface area contributed by atoms with Crippen LogP contribution in [0.25, 0.3) is 0 Å². The number of carbonyl (C=O) groups excluding carboxylic acids is 1. The van der Waals surface area contributed by atoms with E-state index >= 15 is 0 Å². The van der Waals surface area contributed by atoms with Gasteiger partial charge in [0.15, 0.2) is 0 Å². The molecule has 0 unspecified atom stereocenters. The highest BCUT2D eigenvalue weighted by Crippen LogP contribution is 2.30. The summed E-state index contributed by atoms with van der Waals surface area (Å²) >= 11 is 6.10. The Morgan fingerprint density at radius 3 is 2.52 bits per heavy atom. The van der Waals surface area contributed by atoms with Crippen LogP contribution in [0.1, 0.15) is 5.56 Å². The fourth-order valence-electron chi connectivity index (χ4n) is 2.95. The number of para-hydroxylation sites is 1. The molecule has 1 heterocycles. The molecule has 0 atom stereocenters. The van der Waals surface area contributed by atoms with Crippen molar-refractivity contribution < 1.29 is 9.53 Å². The number of piperazine rings is 1. The van der Waals surface area contributed by atoms with E-state index in [1.54, 1.807) is 19.2 Å². The molecular weight excluding hydrogens is 338 g/mol. The van der Waals surface area contributed by atoms with Gasteiger partial charge in [0, 0.05) is 26.2 Å². The number of halogens is 1. The molecule has 3 rings (SSSR count). The first kappa shape index (κ1) is 17.4. The second-order valence-corrected chi connectivity index (χ2v) is 6.47. The van der Waals surface area contributed by atoms with Crippen LogP contribution < -0.4 is 15.0 Å². The van der Waals surface area contributed by atoms with E-state index < -0.39 is 0 Å². The summed E-state index contributed by atoms with van der Waals surface area (Å²) in [7, 11) is 1.68. The Morgan fingerprint density at radius 2 is 1.84 bits per heavy atom. The van der Waals surface area contributed by atoms with Crippen molar-refractivity contribution in [3.63, 3.8) is 0 Å². The summed E-state index contributed by atoms with van der Waals surface area (Å²) in [6.07, 6.45) is 0. The lowest BCUT2D eigenvalue weighted by Gasteiger charge is -2.36. The average Bonchev–Trinajstić information content (AvgIpc) is 2.63. The van der Waals surface area contributed by atoms with E-state index in [0.29, 0.717) is 23.8 Å². The third-order valence-corrected chi connectivity index (χ3v) is 4.69. The predicted octanol–water partition coefficient (Wildman–Crippen LogP) is 4.01. The number of aryl methyl sites for hydroxylation is 1. The van der Waals surface area contributed by atoms with Gasteiger partial charge in [-0.1, -0.05) is 29.8 Å². The Bertz CT molecular complexity index is 758. The Hall–Kier alpha value is -2.40. The largest absolute Gasteiger partial charge is 0.495 e. The number of nitrogens with zero attached hydrogens (tertiary/aromatic N) is 2. The molecule has 1 saturated heterocycles. The average molecular weight is 360 g/mol. The maximum absolute atomic E-state index is 12.5. The van der Waals surface area contributed by atoms with E-state index in [-0.39, 0.29) is 6.03 Å². The molecule has 1 N–H and O–H groups in total. The highest BCUT2D eigenvalue weighted by Gasteiger charge is 2.23. The second-order valence-electron chi connectivity index (χ2n) is 6.06. The van der Waals surface area contributed by atoms with Crippen LogP contribution in [0.2, 0.25) is 5.02 Å². The number of ether oxygens (including phenoxy) is 1. The molecule has 2 amide bonds. The number of benzene rings is 2. The molecule has 1 aliphatic heterocycles. The standard InChI is InChI=1S/C19H22ClN3O2/c1-14-7-8-18(25-2)17(13-14)22-9-11-23(12-10-22)19(24)21-16-6-4-3-5-15(16)20/h3-8,13H,9-12H2,1-2H3,(H,21,24). The number of carbonyl (C=O) groups is 1. The zero-order valence-electron chi connectivity index (χ0n) is 14.5. The first-order chi connectivity index (χ1) is 12.1. The predicted molar refractivity (Wildman–Crippen MR) is 102 cm³/mol. The molecule has 0 radical (unpaired) electrons. The van der Waals surface area contributed by atoms with Gasteiger partial charge in [0.2, 0.25) is 0 Å². The fraction of sp³-hybridized carbons (Fsp3) is 0.316. The summed E-state index contributed by atoms with van der Waals surface area (Å²) in [5.74, 6) is 0.861. The van der Waals surface area contributed by atoms with Gasteiger partial charge in [-0.15, -0.1) is 0 Å². The summed E-state index contributed by atoms with van der Waals surface area (Å²) in [6, 6.07) is 13.3. The van der Waals surface area contributed by atoms with Crippen LogP contribution in [-0.2, 0) is 0 Å². The summed E-state index contributed by atoms with van der Waals surface area (Å²) in [5, 5.41) is 3.42. The molecule has 0 spiro atoms. The quantitative estimate of drug-likeness (QED) is 0.900. The lowest BCUT2D eigenvalue weighted by atomic mass is 10.1. The molecule has 1 fully saturated rings. The van der Waals surface area contributed by atoms with Gasteiger partial charge in [-0.2, -0.15) is 0 Å². The van der Waals surface area contributed by atoms with Crippen molar-refractivity contribution in [3.8, 4) is 5.75 Å². The third kappa shape index (κ3) is 3.99. The number of methoxy groups -OCH3 is 1. The van der Waals surface area contributed by atoms with Crippen LogP contribution >= 0.6 is 11.6 Å². The molecule has 6 heteroatoms. The van der Waals surface area contributed by atoms with Crippen molar-refractivity contribution in [2.45, 2.75) is 6.92 Å². The number of hydrogen-bond acceptors (Lipinski definition) is 3. The van der Waals surface area contributed by atoms with Crippen LogP contribution in [0.15, 0.2) is 42.5 Å². The van der Waals surface area contributed by atoms with E-state index in [1.807, 2.05) is 29.2 Å². The van der Waals surface area contributed by atoms with Crippen molar-refractivity contribution in [2.24, 2.45) is 0 Å². The van der Waals surface area contributed by atoms with Crippen molar-refractivity contribution in [1.29, 1.82) is 0 Å². The summed E-state index contributed by atoms with van der Waals surface area (Å²) in [6.45, 7) is 4.88. The Balaban J connectivity index is 1.63. The number of hydrogen-bond donors (Lipinski definition) is 1. The van der Waals surface area contributed by atoms with Crippen molar-refractivity contribution in [2.75, 3.05) is 43.5 Å². The maximum atomic E-state index is 12.5. The lowest BCUT2D eigenvalue weighted by molar-refractivity contribution is 0.208. The summed E-state index contributed by atoms with van der Waals surface area (Å²) in [4.78, 5) is 16.5. The van der Waals surface area contributed by atoms with Crippen LogP contribution in [0.3, 0.4) is 0 Å². The summed E-state index contributed by atoms with van der Waals surface area (Å²) < 4.78 is 5.47. The third-order valence-electron chi connectivity index (χ3n) is 4.36. The van der Waals surface area contributed by atoms with E-state index in [0.717, 1.165) is 24.5 Å². The van der Waals surface area contributed by atoms with Crippen molar-refractivity contribution in [1.82, 2.24) is 4.90 Å². The molecule has 0 aromatic heterocycles. The maximum Gasteiger partial charge on any atom is 0.322 e. The number of amides is 2. The molecule has 0 saturated carbocycles. The van der Waals surface area contributed by atoms with Gasteiger partial charge in [-0.25, -0.2) is 4.79 Å². The van der Waals surface area contributed by atoms with E-state index in [1.165, 1.54) is 5.56 Å². The minimum absolute atomic E-state index is 0.121. The highest BCUT2D eigenvalue weighted by atomic mass is 35.5. The van der Waals surface area contributed by atoms with E-state index in [2.05, 4.69) is 23.2 Å². The second kappa shape index (κ2) is 7.66. The van der Waals surface area contributed by atoms with Crippen LogP contribution in [-0.4, -0.2) is 44.2 Å². The first-order valence-electron chi connectivity index (χ1n) is 8.28. The Labute approximate surface area is 153 Å². The van der Waals surface area contributed by atoms with Gasteiger partial charge in [-0.3, -0.25) is 0 Å². The van der Waals surface area contributed by atoms with Gasteiger partial charge < -0.3 is 19.9 Å². The normalized spacial score (nSPS) is 14.4. The molecule has 2 aromatic rings. The minimum atomic E-state index is -0.121. The van der Waals surface area contributed by atoms with Gasteiger partial charge in [0.05, 0.1) is 23.5 Å². The smallest absolute Gasteiger partial charge is 0.322 e. The molecule has 2 aromatic carbocycles. The highest BCUT2D eigenvalue weighted by molar-refractivity contribution is 6.33. The fourth-order valence-corrected chi connectivity index (χ4v) is 3.14. The first-order valence-corrected chi connectivity index (χ1v) is 8.66. The van der Waals surface area contributed by atoms with E-state index in [9.17, 15) is 4.79 Å².